The Morgan fingerprint density at radius 3 is 2.56 bits per heavy atom. The van der Waals surface area contributed by atoms with Crippen LogP contribution >= 0.6 is 0 Å². The van der Waals surface area contributed by atoms with Gasteiger partial charge < -0.3 is 20.3 Å². The molecule has 0 radical (unpaired) electrons. The average molecular weight is 223 g/mol. The molecule has 4 nitrogen and oxygen atoms in total. The molecule has 0 saturated carbocycles. The first-order valence-electron chi connectivity index (χ1n) is 4.97. The van der Waals surface area contributed by atoms with E-state index in [9.17, 15) is 5.11 Å². The lowest BCUT2D eigenvalue weighted by molar-refractivity contribution is 0.0510. The lowest BCUT2D eigenvalue weighted by atomic mass is 10.0. The second-order valence-electron chi connectivity index (χ2n) is 3.38. The zero-order valence-electron chi connectivity index (χ0n) is 9.30. The van der Waals surface area contributed by atoms with E-state index in [1.165, 1.54) is 6.08 Å². The van der Waals surface area contributed by atoms with Crippen molar-refractivity contribution < 1.29 is 14.6 Å². The van der Waals surface area contributed by atoms with E-state index in [1.54, 1.807) is 31.4 Å². The van der Waals surface area contributed by atoms with Gasteiger partial charge in [0.25, 0.3) is 0 Å². The lowest BCUT2D eigenvalue weighted by Crippen LogP contribution is -2.25. The summed E-state index contributed by atoms with van der Waals surface area (Å²) in [7, 11) is 1.56. The SMILES string of the molecule is C=C[C@H](N)[C@H](O)c1ccc(OCOC)cc1. The number of hydrogen-bond acceptors (Lipinski definition) is 4. The fourth-order valence-electron chi connectivity index (χ4n) is 1.24. The summed E-state index contributed by atoms with van der Waals surface area (Å²) in [6.45, 7) is 3.74. The Morgan fingerprint density at radius 1 is 1.44 bits per heavy atom. The Hall–Kier alpha value is -1.36. The van der Waals surface area contributed by atoms with Gasteiger partial charge in [0.15, 0.2) is 6.79 Å². The third-order valence-electron chi connectivity index (χ3n) is 2.20. The molecule has 0 heterocycles. The maximum atomic E-state index is 9.79. The van der Waals surface area contributed by atoms with Gasteiger partial charge in [0, 0.05) is 7.11 Å². The van der Waals surface area contributed by atoms with Crippen LogP contribution in [0.1, 0.15) is 11.7 Å². The average Bonchev–Trinajstić information content (AvgIpc) is 2.35. The van der Waals surface area contributed by atoms with Crippen LogP contribution < -0.4 is 10.5 Å². The second-order valence-corrected chi connectivity index (χ2v) is 3.38. The molecule has 0 aliphatic heterocycles. The summed E-state index contributed by atoms with van der Waals surface area (Å²) in [4.78, 5) is 0. The van der Waals surface area contributed by atoms with Gasteiger partial charge in [-0.1, -0.05) is 18.2 Å². The first kappa shape index (κ1) is 12.7. The van der Waals surface area contributed by atoms with Crippen molar-refractivity contribution in [2.75, 3.05) is 13.9 Å². The van der Waals surface area contributed by atoms with Crippen LogP contribution in [0, 0.1) is 0 Å². The van der Waals surface area contributed by atoms with Crippen LogP contribution in [0.5, 0.6) is 5.75 Å². The van der Waals surface area contributed by atoms with Crippen molar-refractivity contribution >= 4 is 0 Å². The Morgan fingerprint density at radius 2 is 2.06 bits per heavy atom. The molecule has 1 rings (SSSR count). The minimum atomic E-state index is -0.742. The Balaban J connectivity index is 2.66. The molecule has 0 aliphatic carbocycles. The van der Waals surface area contributed by atoms with E-state index in [1.807, 2.05) is 0 Å². The minimum Gasteiger partial charge on any atom is -0.468 e. The molecule has 1 aromatic carbocycles. The summed E-state index contributed by atoms with van der Waals surface area (Å²) in [6, 6.07) is 6.57. The van der Waals surface area contributed by atoms with Gasteiger partial charge in [0.2, 0.25) is 0 Å². The normalized spacial score (nSPS) is 14.2. The molecule has 2 atom stereocenters. The lowest BCUT2D eigenvalue weighted by Gasteiger charge is -2.15. The molecule has 0 aliphatic rings. The minimum absolute atomic E-state index is 0.202. The van der Waals surface area contributed by atoms with Crippen molar-refractivity contribution in [3.63, 3.8) is 0 Å². The highest BCUT2D eigenvalue weighted by molar-refractivity contribution is 5.29. The van der Waals surface area contributed by atoms with Crippen LogP contribution in [0.25, 0.3) is 0 Å². The number of aliphatic hydroxyl groups excluding tert-OH is 1. The largest absolute Gasteiger partial charge is 0.468 e. The Kier molecular flexibility index (Phi) is 4.98. The Labute approximate surface area is 95.3 Å². The smallest absolute Gasteiger partial charge is 0.188 e. The molecule has 0 saturated heterocycles. The highest BCUT2D eigenvalue weighted by Gasteiger charge is 2.13. The van der Waals surface area contributed by atoms with Gasteiger partial charge in [-0.05, 0) is 17.7 Å². The van der Waals surface area contributed by atoms with Gasteiger partial charge in [-0.15, -0.1) is 6.58 Å². The monoisotopic (exact) mass is 223 g/mol. The molecular formula is C12H17NO3. The predicted molar refractivity (Wildman–Crippen MR) is 62.1 cm³/mol. The zero-order valence-corrected chi connectivity index (χ0v) is 9.30. The molecule has 3 N–H and O–H groups in total. The molecule has 16 heavy (non-hydrogen) atoms. The molecule has 4 heteroatoms. The van der Waals surface area contributed by atoms with E-state index in [4.69, 9.17) is 15.2 Å². The molecule has 0 spiro atoms. The van der Waals surface area contributed by atoms with Crippen LogP contribution in [0.15, 0.2) is 36.9 Å². The van der Waals surface area contributed by atoms with E-state index in [-0.39, 0.29) is 6.79 Å². The zero-order chi connectivity index (χ0) is 12.0. The van der Waals surface area contributed by atoms with Crippen molar-refractivity contribution in [1.82, 2.24) is 0 Å². The Bertz CT molecular complexity index is 324. The third-order valence-corrected chi connectivity index (χ3v) is 2.20. The molecule has 88 valence electrons. The molecule has 0 fully saturated rings. The van der Waals surface area contributed by atoms with Crippen molar-refractivity contribution in [3.8, 4) is 5.75 Å². The first-order valence-corrected chi connectivity index (χ1v) is 4.97. The number of benzene rings is 1. The van der Waals surface area contributed by atoms with Gasteiger partial charge in [0.1, 0.15) is 5.75 Å². The highest BCUT2D eigenvalue weighted by Crippen LogP contribution is 2.19. The predicted octanol–water partition coefficient (Wildman–Crippen LogP) is 1.22. The number of rotatable bonds is 6. The van der Waals surface area contributed by atoms with E-state index < -0.39 is 12.1 Å². The van der Waals surface area contributed by atoms with Gasteiger partial charge in [-0.25, -0.2) is 0 Å². The molecule has 0 bridgehead atoms. The fraction of sp³-hybridized carbons (Fsp3) is 0.333. The van der Waals surface area contributed by atoms with Gasteiger partial charge >= 0.3 is 0 Å². The van der Waals surface area contributed by atoms with E-state index in [2.05, 4.69) is 6.58 Å². The fourth-order valence-corrected chi connectivity index (χ4v) is 1.24. The first-order chi connectivity index (χ1) is 7.69. The topological polar surface area (TPSA) is 64.7 Å². The number of hydrogen-bond donors (Lipinski definition) is 2. The number of nitrogens with two attached hydrogens (primary N) is 1. The van der Waals surface area contributed by atoms with Crippen LogP contribution in [-0.4, -0.2) is 25.1 Å². The maximum absolute atomic E-state index is 9.79. The van der Waals surface area contributed by atoms with Crippen LogP contribution in [0.3, 0.4) is 0 Å². The summed E-state index contributed by atoms with van der Waals surface area (Å²) in [5, 5.41) is 9.79. The standard InChI is InChI=1S/C12H17NO3/c1-3-11(13)12(14)9-4-6-10(7-5-9)16-8-15-2/h3-7,11-12,14H,1,8,13H2,2H3/t11-,12+/m0/s1. The summed E-state index contributed by atoms with van der Waals surface area (Å²) in [5.74, 6) is 0.685. The third kappa shape index (κ3) is 3.34. The number of aliphatic hydroxyl groups is 1. The number of ether oxygens (including phenoxy) is 2. The summed E-state index contributed by atoms with van der Waals surface area (Å²) in [5.41, 5.74) is 6.38. The van der Waals surface area contributed by atoms with E-state index >= 15 is 0 Å². The van der Waals surface area contributed by atoms with Gasteiger partial charge in [-0.3, -0.25) is 0 Å². The van der Waals surface area contributed by atoms with Crippen molar-refractivity contribution in [1.29, 1.82) is 0 Å². The van der Waals surface area contributed by atoms with Crippen LogP contribution in [0.4, 0.5) is 0 Å². The quantitative estimate of drug-likeness (QED) is 0.562. The van der Waals surface area contributed by atoms with Crippen molar-refractivity contribution in [2.45, 2.75) is 12.1 Å². The second kappa shape index (κ2) is 6.27. The van der Waals surface area contributed by atoms with Crippen LogP contribution in [0.2, 0.25) is 0 Å². The van der Waals surface area contributed by atoms with Gasteiger partial charge in [0.05, 0.1) is 12.1 Å². The molecule has 0 unspecified atom stereocenters. The molecular weight excluding hydrogens is 206 g/mol. The summed E-state index contributed by atoms with van der Waals surface area (Å²) < 4.78 is 10.00. The molecule has 1 aromatic rings. The van der Waals surface area contributed by atoms with E-state index in [0.717, 1.165) is 5.56 Å². The molecule has 0 aromatic heterocycles. The molecule has 0 amide bonds. The number of methoxy groups -OCH3 is 1. The van der Waals surface area contributed by atoms with Crippen molar-refractivity contribution in [3.05, 3.63) is 42.5 Å². The van der Waals surface area contributed by atoms with Crippen LogP contribution in [-0.2, 0) is 4.74 Å². The van der Waals surface area contributed by atoms with E-state index in [0.29, 0.717) is 5.75 Å². The summed E-state index contributed by atoms with van der Waals surface area (Å²) >= 11 is 0. The highest BCUT2D eigenvalue weighted by atomic mass is 16.7. The van der Waals surface area contributed by atoms with Gasteiger partial charge in [-0.2, -0.15) is 0 Å². The van der Waals surface area contributed by atoms with Crippen molar-refractivity contribution in [2.24, 2.45) is 5.73 Å². The summed E-state index contributed by atoms with van der Waals surface area (Å²) in [6.07, 6.45) is 0.772. The maximum Gasteiger partial charge on any atom is 0.188 e.